The summed E-state index contributed by atoms with van der Waals surface area (Å²) < 4.78 is 69.3. The predicted molar refractivity (Wildman–Crippen MR) is 133 cm³/mol. The zero-order valence-corrected chi connectivity index (χ0v) is 21.2. The molecule has 0 atom stereocenters. The van der Waals surface area contributed by atoms with Crippen molar-refractivity contribution in [3.8, 4) is 0 Å². The highest BCUT2D eigenvalue weighted by Gasteiger charge is 2.32. The lowest BCUT2D eigenvalue weighted by molar-refractivity contribution is -0.137. The quantitative estimate of drug-likeness (QED) is 0.441. The minimum atomic E-state index is -4.66. The molecule has 37 heavy (non-hydrogen) atoms. The molecule has 1 saturated heterocycles. The van der Waals surface area contributed by atoms with Crippen LogP contribution in [0.5, 0.6) is 0 Å². The van der Waals surface area contributed by atoms with E-state index in [1.54, 1.807) is 0 Å². The summed E-state index contributed by atoms with van der Waals surface area (Å²) in [6.45, 7) is 4.30. The van der Waals surface area contributed by atoms with Crippen LogP contribution in [0.15, 0.2) is 70.0 Å². The molecule has 1 fully saturated rings. The Morgan fingerprint density at radius 3 is 2.43 bits per heavy atom. The molecule has 1 aliphatic rings. The van der Waals surface area contributed by atoms with E-state index < -0.39 is 38.1 Å². The van der Waals surface area contributed by atoms with Crippen LogP contribution >= 0.6 is 11.6 Å². The van der Waals surface area contributed by atoms with Gasteiger partial charge in [0.15, 0.2) is 15.6 Å². The van der Waals surface area contributed by atoms with Crippen molar-refractivity contribution in [2.45, 2.75) is 16.8 Å². The van der Waals surface area contributed by atoms with E-state index in [4.69, 9.17) is 16.0 Å². The Morgan fingerprint density at radius 2 is 1.73 bits per heavy atom. The molecule has 12 heteroatoms. The van der Waals surface area contributed by atoms with Crippen LogP contribution in [0.25, 0.3) is 0 Å². The molecule has 0 unspecified atom stereocenters. The fourth-order valence-electron chi connectivity index (χ4n) is 4.03. The molecule has 2 heterocycles. The Labute approximate surface area is 217 Å². The van der Waals surface area contributed by atoms with Crippen LogP contribution in [0.3, 0.4) is 0 Å². The summed E-state index contributed by atoms with van der Waals surface area (Å²) in [5, 5.41) is 3.44. The fraction of sp³-hybridized carbons (Fsp3) is 0.320. The van der Waals surface area contributed by atoms with Crippen molar-refractivity contribution in [2.75, 3.05) is 44.2 Å². The second kappa shape index (κ2) is 11.2. The van der Waals surface area contributed by atoms with Crippen LogP contribution in [-0.4, -0.2) is 58.5 Å². The van der Waals surface area contributed by atoms with Gasteiger partial charge in [-0.2, -0.15) is 13.2 Å². The summed E-state index contributed by atoms with van der Waals surface area (Å²) in [5.74, 6) is -1.28. The number of halogens is 4. The van der Waals surface area contributed by atoms with Crippen molar-refractivity contribution in [3.63, 3.8) is 0 Å². The van der Waals surface area contributed by atoms with E-state index in [2.05, 4.69) is 15.1 Å². The average Bonchev–Trinajstić information content (AvgIpc) is 3.32. The summed E-state index contributed by atoms with van der Waals surface area (Å²) in [4.78, 5) is 16.4. The Morgan fingerprint density at radius 1 is 1.00 bits per heavy atom. The molecule has 1 aromatic heterocycles. The lowest BCUT2D eigenvalue weighted by atomic mass is 10.2. The molecule has 1 amide bonds. The highest BCUT2D eigenvalue weighted by Crippen LogP contribution is 2.31. The summed E-state index contributed by atoms with van der Waals surface area (Å²) >= 11 is 6.07. The number of nitrogens with zero attached hydrogens (tertiary/aromatic N) is 2. The zero-order chi connectivity index (χ0) is 26.6. The number of nitrogens with one attached hydrogen (secondary N) is 1. The van der Waals surface area contributed by atoms with E-state index in [1.165, 1.54) is 12.1 Å². The summed E-state index contributed by atoms with van der Waals surface area (Å²) in [7, 11) is -4.11. The molecule has 2 aromatic carbocycles. The van der Waals surface area contributed by atoms with Crippen molar-refractivity contribution in [2.24, 2.45) is 0 Å². The van der Waals surface area contributed by atoms with Crippen molar-refractivity contribution in [3.05, 3.63) is 82.8 Å². The summed E-state index contributed by atoms with van der Waals surface area (Å²) in [6, 6.07) is 13.9. The number of rotatable bonds is 8. The number of anilines is 1. The second-order valence-corrected chi connectivity index (χ2v) is 11.0. The first-order valence-corrected chi connectivity index (χ1v) is 13.5. The smallest absolute Gasteiger partial charge is 0.416 e. The molecule has 0 saturated carbocycles. The maximum Gasteiger partial charge on any atom is 0.416 e. The molecule has 0 aliphatic carbocycles. The minimum absolute atomic E-state index is 0.0419. The molecular formula is C25H25ClF3N3O4S. The second-order valence-electron chi connectivity index (χ2n) is 8.62. The molecule has 3 aromatic rings. The first-order chi connectivity index (χ1) is 17.5. The van der Waals surface area contributed by atoms with Gasteiger partial charge in [0, 0.05) is 50.0 Å². The van der Waals surface area contributed by atoms with E-state index in [9.17, 15) is 26.4 Å². The third kappa shape index (κ3) is 7.06. The van der Waals surface area contributed by atoms with Crippen LogP contribution < -0.4 is 10.2 Å². The van der Waals surface area contributed by atoms with Gasteiger partial charge in [-0.25, -0.2) is 8.42 Å². The molecule has 0 bridgehead atoms. The molecular weight excluding hydrogens is 531 g/mol. The normalized spacial score (nSPS) is 15.1. The Hall–Kier alpha value is -3.02. The molecule has 0 spiro atoms. The van der Waals surface area contributed by atoms with E-state index >= 15 is 0 Å². The number of amides is 1. The Bertz CT molecular complexity index is 1350. The number of alkyl halides is 3. The van der Waals surface area contributed by atoms with Gasteiger partial charge in [0.2, 0.25) is 0 Å². The Balaban J connectivity index is 1.26. The number of sulfone groups is 1. The van der Waals surface area contributed by atoms with E-state index in [1.807, 2.05) is 24.3 Å². The number of hydrogen-bond acceptors (Lipinski definition) is 6. The fourth-order valence-corrected chi connectivity index (χ4v) is 5.50. The van der Waals surface area contributed by atoms with Gasteiger partial charge in [0.25, 0.3) is 5.91 Å². The predicted octanol–water partition coefficient (Wildman–Crippen LogP) is 4.48. The van der Waals surface area contributed by atoms with Gasteiger partial charge in [-0.15, -0.1) is 0 Å². The van der Waals surface area contributed by atoms with Crippen molar-refractivity contribution in [1.82, 2.24) is 10.2 Å². The summed E-state index contributed by atoms with van der Waals surface area (Å²) in [6.07, 6.45) is -4.66. The van der Waals surface area contributed by atoms with Crippen LogP contribution in [-0.2, 0) is 21.8 Å². The van der Waals surface area contributed by atoms with Crippen molar-refractivity contribution < 1.29 is 30.8 Å². The maximum atomic E-state index is 12.9. The topological polar surface area (TPSA) is 82.9 Å². The highest BCUT2D eigenvalue weighted by molar-refractivity contribution is 7.90. The third-order valence-electron chi connectivity index (χ3n) is 6.00. The summed E-state index contributed by atoms with van der Waals surface area (Å²) in [5.41, 5.74) is 0.0168. The van der Waals surface area contributed by atoms with E-state index in [0.29, 0.717) is 24.2 Å². The number of hydrogen-bond donors (Lipinski definition) is 1. The van der Waals surface area contributed by atoms with Gasteiger partial charge < -0.3 is 14.6 Å². The van der Waals surface area contributed by atoms with E-state index in [0.717, 1.165) is 50.1 Å². The number of benzene rings is 2. The maximum absolute atomic E-state index is 12.9. The molecule has 0 radical (unpaired) electrons. The minimum Gasteiger partial charge on any atom is -0.455 e. The molecule has 1 N–H and O–H groups in total. The first kappa shape index (κ1) is 27.0. The SMILES string of the molecule is O=C(NCCN1CCN(c2cccc(Cl)c2)CC1)c1ccc(CS(=O)(=O)c2cccc(C(F)(F)F)c2)o1. The number of piperazine rings is 1. The van der Waals surface area contributed by atoms with Crippen LogP contribution in [0, 0.1) is 0 Å². The molecule has 1 aliphatic heterocycles. The van der Waals surface area contributed by atoms with Crippen LogP contribution in [0.4, 0.5) is 18.9 Å². The largest absolute Gasteiger partial charge is 0.455 e. The van der Waals surface area contributed by atoms with Crippen LogP contribution in [0.2, 0.25) is 5.02 Å². The van der Waals surface area contributed by atoms with Gasteiger partial charge >= 0.3 is 6.18 Å². The van der Waals surface area contributed by atoms with Gasteiger partial charge in [0.05, 0.1) is 10.5 Å². The Kier molecular flexibility index (Phi) is 8.15. The standard InChI is InChI=1S/C25H25ClF3N3O4S/c26-19-4-2-5-20(16-19)32-13-11-31(12-14-32)10-9-30-24(33)23-8-7-21(36-23)17-37(34,35)22-6-1-3-18(15-22)25(27,28)29/h1-8,15-16H,9-14,17H2,(H,30,33). The highest BCUT2D eigenvalue weighted by atomic mass is 35.5. The number of carbonyl (C=O) groups excluding carboxylic acids is 1. The number of furan rings is 1. The lowest BCUT2D eigenvalue weighted by Crippen LogP contribution is -2.48. The van der Waals surface area contributed by atoms with Gasteiger partial charge in [-0.1, -0.05) is 23.7 Å². The van der Waals surface area contributed by atoms with Crippen molar-refractivity contribution in [1.29, 1.82) is 0 Å². The van der Waals surface area contributed by atoms with E-state index in [-0.39, 0.29) is 11.5 Å². The lowest BCUT2D eigenvalue weighted by Gasteiger charge is -2.36. The average molecular weight is 556 g/mol. The zero-order valence-electron chi connectivity index (χ0n) is 19.7. The van der Waals surface area contributed by atoms with Gasteiger partial charge in [-0.3, -0.25) is 9.69 Å². The molecule has 7 nitrogen and oxygen atoms in total. The molecule has 4 rings (SSSR count). The molecule has 198 valence electrons. The van der Waals surface area contributed by atoms with Gasteiger partial charge in [0.1, 0.15) is 11.5 Å². The van der Waals surface area contributed by atoms with Crippen LogP contribution in [0.1, 0.15) is 21.9 Å². The van der Waals surface area contributed by atoms with Crippen molar-refractivity contribution >= 4 is 33.0 Å². The third-order valence-corrected chi connectivity index (χ3v) is 7.87. The van der Waals surface area contributed by atoms with Gasteiger partial charge in [-0.05, 0) is 48.5 Å². The number of carbonyl (C=O) groups is 1. The first-order valence-electron chi connectivity index (χ1n) is 11.5. The monoisotopic (exact) mass is 555 g/mol.